The van der Waals surface area contributed by atoms with Crippen molar-refractivity contribution < 1.29 is 9.59 Å². The molecule has 1 aromatic carbocycles. The highest BCUT2D eigenvalue weighted by atomic mass is 32.1. The van der Waals surface area contributed by atoms with Crippen LogP contribution in [0.1, 0.15) is 28.2 Å². The van der Waals surface area contributed by atoms with E-state index in [1.54, 1.807) is 11.1 Å². The molecule has 1 fully saturated rings. The summed E-state index contributed by atoms with van der Waals surface area (Å²) < 4.78 is 0.992. The van der Waals surface area contributed by atoms with Crippen LogP contribution in [0.4, 0.5) is 5.82 Å². The average molecular weight is 352 g/mol. The summed E-state index contributed by atoms with van der Waals surface area (Å²) in [5, 5.41) is 3.33. The third-order valence-corrected chi connectivity index (χ3v) is 5.14. The van der Waals surface area contributed by atoms with Crippen LogP contribution >= 0.6 is 11.3 Å². The molecule has 3 aromatic rings. The lowest BCUT2D eigenvalue weighted by Gasteiger charge is -2.15. The van der Waals surface area contributed by atoms with E-state index in [2.05, 4.69) is 15.3 Å². The highest BCUT2D eigenvalue weighted by Gasteiger charge is 2.22. The van der Waals surface area contributed by atoms with E-state index in [4.69, 9.17) is 0 Å². The molecule has 6 nitrogen and oxygen atoms in total. The fraction of sp³-hybridized carbons (Fsp3) is 0.222. The van der Waals surface area contributed by atoms with Crippen LogP contribution in [-0.2, 0) is 11.3 Å². The van der Waals surface area contributed by atoms with Gasteiger partial charge >= 0.3 is 0 Å². The van der Waals surface area contributed by atoms with Crippen LogP contribution in [0.25, 0.3) is 10.2 Å². The summed E-state index contributed by atoms with van der Waals surface area (Å²) in [5.74, 6) is 0.550. The molecular weight excluding hydrogens is 336 g/mol. The summed E-state index contributed by atoms with van der Waals surface area (Å²) in [6, 6.07) is 11.4. The second-order valence-electron chi connectivity index (χ2n) is 5.84. The Labute approximate surface area is 148 Å². The Morgan fingerprint density at radius 2 is 2.16 bits per heavy atom. The molecule has 1 saturated heterocycles. The Kier molecular flexibility index (Phi) is 4.15. The zero-order valence-corrected chi connectivity index (χ0v) is 14.3. The minimum Gasteiger partial charge on any atom is -0.346 e. The summed E-state index contributed by atoms with van der Waals surface area (Å²) in [6.07, 6.45) is 3.10. The Bertz CT molecular complexity index is 920. The molecule has 1 N–H and O–H groups in total. The summed E-state index contributed by atoms with van der Waals surface area (Å²) in [5.41, 5.74) is 1.73. The van der Waals surface area contributed by atoms with Crippen molar-refractivity contribution in [3.63, 3.8) is 0 Å². The van der Waals surface area contributed by atoms with E-state index >= 15 is 0 Å². The van der Waals surface area contributed by atoms with Crippen LogP contribution in [-0.4, -0.2) is 28.3 Å². The van der Waals surface area contributed by atoms with E-state index < -0.39 is 0 Å². The number of fused-ring (bicyclic) bond motifs is 1. The minimum absolute atomic E-state index is 0.100. The fourth-order valence-corrected chi connectivity index (χ4v) is 3.72. The number of hydrogen-bond donors (Lipinski definition) is 1. The number of amides is 2. The first-order chi connectivity index (χ1) is 12.2. The predicted molar refractivity (Wildman–Crippen MR) is 96.6 cm³/mol. The topological polar surface area (TPSA) is 75.2 Å². The molecule has 2 aromatic heterocycles. The molecule has 0 radical (unpaired) electrons. The third-order valence-electron chi connectivity index (χ3n) is 4.10. The van der Waals surface area contributed by atoms with Crippen LogP contribution < -0.4 is 10.2 Å². The van der Waals surface area contributed by atoms with E-state index in [0.717, 1.165) is 22.2 Å². The molecule has 1 aliphatic rings. The molecular formula is C18H16N4O2S. The van der Waals surface area contributed by atoms with Crippen LogP contribution in [0, 0.1) is 0 Å². The van der Waals surface area contributed by atoms with Crippen molar-refractivity contribution in [1.82, 2.24) is 15.3 Å². The number of pyridine rings is 1. The number of nitrogens with zero attached hydrogens (tertiary/aromatic N) is 3. The van der Waals surface area contributed by atoms with Gasteiger partial charge in [0, 0.05) is 25.7 Å². The SMILES string of the molecule is O=C(NCc1ccnc(N2CCCC2=O)c1)c1nc2ccccc2s1. The summed E-state index contributed by atoms with van der Waals surface area (Å²) >= 11 is 1.38. The van der Waals surface area contributed by atoms with E-state index in [0.29, 0.717) is 30.3 Å². The lowest BCUT2D eigenvalue weighted by atomic mass is 10.2. The van der Waals surface area contributed by atoms with Gasteiger partial charge in [0.25, 0.3) is 5.91 Å². The van der Waals surface area contributed by atoms with Crippen molar-refractivity contribution in [2.45, 2.75) is 19.4 Å². The summed E-state index contributed by atoms with van der Waals surface area (Å²) in [6.45, 7) is 1.07. The molecule has 25 heavy (non-hydrogen) atoms. The Balaban J connectivity index is 1.45. The summed E-state index contributed by atoms with van der Waals surface area (Å²) in [7, 11) is 0. The highest BCUT2D eigenvalue weighted by molar-refractivity contribution is 7.20. The van der Waals surface area contributed by atoms with Crippen LogP contribution in [0.3, 0.4) is 0 Å². The predicted octanol–water partition coefficient (Wildman–Crippen LogP) is 2.75. The van der Waals surface area contributed by atoms with Crippen LogP contribution in [0.15, 0.2) is 42.6 Å². The number of rotatable bonds is 4. The molecule has 2 amide bonds. The van der Waals surface area contributed by atoms with Gasteiger partial charge in [0.1, 0.15) is 5.82 Å². The lowest BCUT2D eigenvalue weighted by molar-refractivity contribution is -0.117. The first-order valence-corrected chi connectivity index (χ1v) is 8.91. The molecule has 0 atom stereocenters. The maximum atomic E-state index is 12.3. The fourth-order valence-electron chi connectivity index (χ4n) is 2.84. The van der Waals surface area contributed by atoms with Crippen molar-refractivity contribution in [1.29, 1.82) is 0 Å². The quantitative estimate of drug-likeness (QED) is 0.783. The number of anilines is 1. The molecule has 1 aliphatic heterocycles. The zero-order chi connectivity index (χ0) is 17.2. The number of aromatic nitrogens is 2. The lowest BCUT2D eigenvalue weighted by Crippen LogP contribution is -2.26. The van der Waals surface area contributed by atoms with Gasteiger partial charge in [-0.2, -0.15) is 0 Å². The second-order valence-corrected chi connectivity index (χ2v) is 6.87. The summed E-state index contributed by atoms with van der Waals surface area (Å²) in [4.78, 5) is 34.5. The Hall–Kier alpha value is -2.80. The van der Waals surface area contributed by atoms with Gasteiger partial charge in [-0.3, -0.25) is 14.5 Å². The molecule has 3 heterocycles. The van der Waals surface area contributed by atoms with Crippen LogP contribution in [0.2, 0.25) is 0 Å². The highest BCUT2D eigenvalue weighted by Crippen LogP contribution is 2.22. The number of hydrogen-bond acceptors (Lipinski definition) is 5. The largest absolute Gasteiger partial charge is 0.346 e. The van der Waals surface area contributed by atoms with Gasteiger partial charge in [-0.05, 0) is 36.2 Å². The van der Waals surface area contributed by atoms with Gasteiger partial charge in [-0.25, -0.2) is 9.97 Å². The number of thiazole rings is 1. The maximum Gasteiger partial charge on any atom is 0.280 e. The molecule has 7 heteroatoms. The van der Waals surface area contributed by atoms with Gasteiger partial charge in [0.15, 0.2) is 5.01 Å². The Morgan fingerprint density at radius 1 is 1.28 bits per heavy atom. The maximum absolute atomic E-state index is 12.3. The third kappa shape index (κ3) is 3.23. The normalized spacial score (nSPS) is 14.2. The van der Waals surface area contributed by atoms with Gasteiger partial charge in [0.05, 0.1) is 10.2 Å². The second kappa shape index (κ2) is 6.60. The number of nitrogens with one attached hydrogen (secondary N) is 1. The van der Waals surface area contributed by atoms with Gasteiger partial charge in [0.2, 0.25) is 5.91 Å². The number of carbonyl (C=O) groups is 2. The molecule has 0 saturated carbocycles. The average Bonchev–Trinajstić information content (AvgIpc) is 3.26. The Morgan fingerprint density at radius 3 is 2.96 bits per heavy atom. The van der Waals surface area contributed by atoms with Crippen molar-refractivity contribution in [3.05, 3.63) is 53.2 Å². The molecule has 126 valence electrons. The first-order valence-electron chi connectivity index (χ1n) is 8.10. The molecule has 0 bridgehead atoms. The molecule has 0 aliphatic carbocycles. The smallest absolute Gasteiger partial charge is 0.280 e. The van der Waals surface area contributed by atoms with Crippen LogP contribution in [0.5, 0.6) is 0 Å². The molecule has 4 rings (SSSR count). The van der Waals surface area contributed by atoms with E-state index in [1.807, 2.05) is 36.4 Å². The standard InChI is InChI=1S/C18H16N4O2S/c23-16-6-3-9-22(16)15-10-12(7-8-19-15)11-20-17(24)18-21-13-4-1-2-5-14(13)25-18/h1-2,4-5,7-8,10H,3,6,9,11H2,(H,20,24). The number of benzene rings is 1. The van der Waals surface area contributed by atoms with Crippen molar-refractivity contribution in [3.8, 4) is 0 Å². The van der Waals surface area contributed by atoms with E-state index in [9.17, 15) is 9.59 Å². The van der Waals surface area contributed by atoms with Crippen molar-refractivity contribution >= 4 is 39.2 Å². The van der Waals surface area contributed by atoms with Crippen molar-refractivity contribution in [2.75, 3.05) is 11.4 Å². The van der Waals surface area contributed by atoms with Gasteiger partial charge < -0.3 is 5.32 Å². The van der Waals surface area contributed by atoms with E-state index in [1.165, 1.54) is 11.3 Å². The van der Waals surface area contributed by atoms with Crippen molar-refractivity contribution in [2.24, 2.45) is 0 Å². The zero-order valence-electron chi connectivity index (χ0n) is 13.4. The molecule has 0 spiro atoms. The number of para-hydroxylation sites is 1. The number of carbonyl (C=O) groups excluding carboxylic acids is 2. The first kappa shape index (κ1) is 15.7. The minimum atomic E-state index is -0.197. The van der Waals surface area contributed by atoms with Gasteiger partial charge in [-0.1, -0.05) is 12.1 Å². The molecule has 0 unspecified atom stereocenters. The van der Waals surface area contributed by atoms with E-state index in [-0.39, 0.29) is 11.8 Å². The van der Waals surface area contributed by atoms with Gasteiger partial charge in [-0.15, -0.1) is 11.3 Å². The monoisotopic (exact) mass is 352 g/mol.